The highest BCUT2D eigenvalue weighted by atomic mass is 32.1. The van der Waals surface area contributed by atoms with E-state index in [0.29, 0.717) is 18.7 Å². The Labute approximate surface area is 127 Å². The molecule has 2 rings (SSSR count). The van der Waals surface area contributed by atoms with Gasteiger partial charge in [0.05, 0.1) is 17.0 Å². The molecule has 0 spiro atoms. The van der Waals surface area contributed by atoms with Gasteiger partial charge in [0, 0.05) is 13.6 Å². The largest absolute Gasteiger partial charge is 0.507 e. The van der Waals surface area contributed by atoms with Crippen molar-refractivity contribution >= 4 is 17.2 Å². The van der Waals surface area contributed by atoms with Gasteiger partial charge in [-0.15, -0.1) is 11.3 Å². The van der Waals surface area contributed by atoms with Crippen molar-refractivity contribution in [2.45, 2.75) is 6.54 Å². The second-order valence-corrected chi connectivity index (χ2v) is 5.41. The number of rotatable bonds is 3. The lowest BCUT2D eigenvalue weighted by atomic mass is 10.1. The van der Waals surface area contributed by atoms with Gasteiger partial charge in [-0.25, -0.2) is 0 Å². The van der Waals surface area contributed by atoms with Gasteiger partial charge in [-0.1, -0.05) is 24.0 Å². The minimum atomic E-state index is -0.214. The Morgan fingerprint density at radius 2 is 2.19 bits per heavy atom. The Morgan fingerprint density at radius 1 is 1.43 bits per heavy atom. The summed E-state index contributed by atoms with van der Waals surface area (Å²) in [5.74, 6) is 5.55. The van der Waals surface area contributed by atoms with Crippen molar-refractivity contribution in [2.75, 3.05) is 13.6 Å². The molecule has 0 unspecified atom stereocenters. The van der Waals surface area contributed by atoms with E-state index in [9.17, 15) is 9.90 Å². The van der Waals surface area contributed by atoms with Crippen LogP contribution in [-0.2, 0) is 6.54 Å². The first-order chi connectivity index (χ1) is 10.1. The average Bonchev–Trinajstić information content (AvgIpc) is 2.92. The molecule has 21 heavy (non-hydrogen) atoms. The summed E-state index contributed by atoms with van der Waals surface area (Å²) in [6, 6.07) is 8.48. The average molecular weight is 300 g/mol. The van der Waals surface area contributed by atoms with Crippen LogP contribution in [-0.4, -0.2) is 29.5 Å². The van der Waals surface area contributed by atoms with Crippen molar-refractivity contribution in [3.63, 3.8) is 0 Å². The number of phenols is 1. The maximum absolute atomic E-state index is 12.3. The number of benzene rings is 1. The van der Waals surface area contributed by atoms with E-state index in [1.54, 1.807) is 30.1 Å². The summed E-state index contributed by atoms with van der Waals surface area (Å²) < 4.78 is 0. The van der Waals surface area contributed by atoms with Crippen LogP contribution in [0.4, 0.5) is 0 Å². The van der Waals surface area contributed by atoms with Gasteiger partial charge in [0.15, 0.2) is 0 Å². The first kappa shape index (κ1) is 15.1. The van der Waals surface area contributed by atoms with Gasteiger partial charge in [-0.05, 0) is 29.1 Å². The predicted octanol–water partition coefficient (Wildman–Crippen LogP) is 2.04. The van der Waals surface area contributed by atoms with E-state index in [1.807, 2.05) is 11.4 Å². The van der Waals surface area contributed by atoms with Gasteiger partial charge < -0.3 is 15.7 Å². The van der Waals surface area contributed by atoms with Crippen molar-refractivity contribution in [1.29, 1.82) is 0 Å². The standard InChI is InChI=1S/C16H16N2O2S/c1-18(16(20)14-6-2-3-7-15(14)19)10-12-9-13(21-11-12)5-4-8-17/h2-3,6-7,9,11,19H,8,10,17H2,1H3. The van der Waals surface area contributed by atoms with Crippen molar-refractivity contribution in [3.05, 3.63) is 51.7 Å². The summed E-state index contributed by atoms with van der Waals surface area (Å²) in [6.07, 6.45) is 0. The summed E-state index contributed by atoms with van der Waals surface area (Å²) in [7, 11) is 1.71. The third-order valence-corrected chi connectivity index (χ3v) is 3.76. The fourth-order valence-corrected chi connectivity index (χ4v) is 2.64. The van der Waals surface area contributed by atoms with Crippen molar-refractivity contribution in [2.24, 2.45) is 5.73 Å². The smallest absolute Gasteiger partial charge is 0.257 e. The molecule has 0 aliphatic carbocycles. The number of phenolic OH excluding ortho intramolecular Hbond substituents is 1. The summed E-state index contributed by atoms with van der Waals surface area (Å²) in [5.41, 5.74) is 6.65. The zero-order valence-corrected chi connectivity index (χ0v) is 12.5. The zero-order valence-electron chi connectivity index (χ0n) is 11.7. The summed E-state index contributed by atoms with van der Waals surface area (Å²) in [6.45, 7) is 0.798. The highest BCUT2D eigenvalue weighted by molar-refractivity contribution is 7.10. The van der Waals surface area contributed by atoms with Crippen LogP contribution in [0.25, 0.3) is 0 Å². The summed E-state index contributed by atoms with van der Waals surface area (Å²) in [5, 5.41) is 11.7. The van der Waals surface area contributed by atoms with Crippen LogP contribution in [0.3, 0.4) is 0 Å². The van der Waals surface area contributed by atoms with E-state index >= 15 is 0 Å². The molecule has 0 radical (unpaired) electrons. The Morgan fingerprint density at radius 3 is 2.90 bits per heavy atom. The van der Waals surface area contributed by atoms with Gasteiger partial charge >= 0.3 is 0 Å². The first-order valence-electron chi connectivity index (χ1n) is 6.41. The number of thiophene rings is 1. The Bertz CT molecular complexity index is 698. The van der Waals surface area contributed by atoms with Gasteiger partial charge in [0.1, 0.15) is 5.75 Å². The highest BCUT2D eigenvalue weighted by Crippen LogP contribution is 2.20. The molecular weight excluding hydrogens is 284 g/mol. The molecule has 0 atom stereocenters. The molecule has 4 nitrogen and oxygen atoms in total. The van der Waals surface area contributed by atoms with Gasteiger partial charge in [-0.3, -0.25) is 4.79 Å². The minimum Gasteiger partial charge on any atom is -0.507 e. The molecule has 3 N–H and O–H groups in total. The van der Waals surface area contributed by atoms with Crippen LogP contribution < -0.4 is 5.73 Å². The van der Waals surface area contributed by atoms with Crippen molar-refractivity contribution in [1.82, 2.24) is 4.90 Å². The van der Waals surface area contributed by atoms with Crippen LogP contribution >= 0.6 is 11.3 Å². The monoisotopic (exact) mass is 300 g/mol. The number of hydrogen-bond acceptors (Lipinski definition) is 4. The van der Waals surface area contributed by atoms with Crippen molar-refractivity contribution in [3.8, 4) is 17.6 Å². The molecule has 1 heterocycles. The molecule has 0 aliphatic rings. The molecule has 108 valence electrons. The number of aromatic hydroxyl groups is 1. The number of amides is 1. The number of para-hydroxylation sites is 1. The molecule has 2 aromatic rings. The molecule has 0 fully saturated rings. The molecule has 0 saturated carbocycles. The van der Waals surface area contributed by atoms with Crippen LogP contribution in [0.5, 0.6) is 5.75 Å². The Balaban J connectivity index is 2.07. The van der Waals surface area contributed by atoms with Crippen molar-refractivity contribution < 1.29 is 9.90 Å². The molecule has 1 amide bonds. The maximum Gasteiger partial charge on any atom is 0.257 e. The van der Waals surface area contributed by atoms with Gasteiger partial charge in [0.2, 0.25) is 0 Å². The Kier molecular flexibility index (Phi) is 4.99. The molecule has 1 aromatic heterocycles. The van der Waals surface area contributed by atoms with Gasteiger partial charge in [0.25, 0.3) is 5.91 Å². The molecule has 0 aliphatic heterocycles. The number of carbonyl (C=O) groups is 1. The van der Waals surface area contributed by atoms with E-state index in [1.165, 1.54) is 17.4 Å². The van der Waals surface area contributed by atoms with E-state index in [0.717, 1.165) is 10.4 Å². The lowest BCUT2D eigenvalue weighted by Crippen LogP contribution is -2.26. The first-order valence-corrected chi connectivity index (χ1v) is 7.29. The predicted molar refractivity (Wildman–Crippen MR) is 84.2 cm³/mol. The normalized spacial score (nSPS) is 9.81. The number of carbonyl (C=O) groups excluding carboxylic acids is 1. The highest BCUT2D eigenvalue weighted by Gasteiger charge is 2.15. The molecule has 0 saturated heterocycles. The molecule has 5 heteroatoms. The number of nitrogens with zero attached hydrogens (tertiary/aromatic N) is 1. The fraction of sp³-hybridized carbons (Fsp3) is 0.188. The Hall–Kier alpha value is -2.29. The second-order valence-electron chi connectivity index (χ2n) is 4.50. The topological polar surface area (TPSA) is 66.6 Å². The molecule has 0 bridgehead atoms. The third-order valence-electron chi connectivity index (χ3n) is 2.87. The zero-order chi connectivity index (χ0) is 15.2. The fourth-order valence-electron chi connectivity index (χ4n) is 1.87. The van der Waals surface area contributed by atoms with E-state index in [-0.39, 0.29) is 11.7 Å². The third kappa shape index (κ3) is 3.85. The maximum atomic E-state index is 12.3. The lowest BCUT2D eigenvalue weighted by molar-refractivity contribution is 0.0782. The minimum absolute atomic E-state index is 0.00540. The second kappa shape index (κ2) is 6.93. The molecule has 1 aromatic carbocycles. The van der Waals surface area contributed by atoms with E-state index in [4.69, 9.17) is 5.73 Å². The van der Waals surface area contributed by atoms with Crippen LogP contribution in [0.1, 0.15) is 20.8 Å². The van der Waals surface area contributed by atoms with Gasteiger partial charge in [-0.2, -0.15) is 0 Å². The summed E-state index contributed by atoms with van der Waals surface area (Å²) in [4.78, 5) is 14.8. The van der Waals surface area contributed by atoms with Crippen LogP contribution in [0.2, 0.25) is 0 Å². The number of nitrogens with two attached hydrogens (primary N) is 1. The number of hydrogen-bond donors (Lipinski definition) is 2. The SMILES string of the molecule is CN(Cc1csc(C#CCN)c1)C(=O)c1ccccc1O. The lowest BCUT2D eigenvalue weighted by Gasteiger charge is -2.17. The van der Waals surface area contributed by atoms with E-state index in [2.05, 4.69) is 11.8 Å². The summed E-state index contributed by atoms with van der Waals surface area (Å²) >= 11 is 1.53. The van der Waals surface area contributed by atoms with E-state index < -0.39 is 0 Å². The quantitative estimate of drug-likeness (QED) is 0.852. The van der Waals surface area contributed by atoms with Crippen LogP contribution in [0.15, 0.2) is 35.7 Å². The van der Waals surface area contributed by atoms with Crippen LogP contribution in [0, 0.1) is 11.8 Å². The molecular formula is C16H16N2O2S.